The molecule has 0 fully saturated rings. The summed E-state index contributed by atoms with van der Waals surface area (Å²) in [6.45, 7) is 3.81. The molecule has 2 aromatic rings. The number of hydrogen-bond donors (Lipinski definition) is 2. The summed E-state index contributed by atoms with van der Waals surface area (Å²) in [4.78, 5) is 22.7. The molecule has 0 unspecified atom stereocenters. The first-order chi connectivity index (χ1) is 10.5. The van der Waals surface area contributed by atoms with Crippen molar-refractivity contribution in [3.63, 3.8) is 0 Å². The Morgan fingerprint density at radius 1 is 1.18 bits per heavy atom. The van der Waals surface area contributed by atoms with Crippen molar-refractivity contribution < 1.29 is 19.1 Å². The molecule has 22 heavy (non-hydrogen) atoms. The van der Waals surface area contributed by atoms with Crippen molar-refractivity contribution >= 4 is 11.9 Å². The monoisotopic (exact) mass is 301 g/mol. The van der Waals surface area contributed by atoms with Crippen LogP contribution in [0.25, 0.3) is 0 Å². The molecule has 1 heterocycles. The SMILES string of the molecule is Cc1ccc(CCC(=O)NCc2cc(C(=O)O)c(C)o2)cc1. The van der Waals surface area contributed by atoms with Crippen molar-refractivity contribution in [1.82, 2.24) is 5.32 Å². The van der Waals surface area contributed by atoms with E-state index in [9.17, 15) is 9.59 Å². The zero-order valence-corrected chi connectivity index (χ0v) is 12.7. The van der Waals surface area contributed by atoms with Gasteiger partial charge in [0.2, 0.25) is 5.91 Å². The summed E-state index contributed by atoms with van der Waals surface area (Å²) in [6, 6.07) is 9.51. The molecule has 5 heteroatoms. The number of carboxylic acids is 1. The summed E-state index contributed by atoms with van der Waals surface area (Å²) in [5, 5.41) is 11.7. The van der Waals surface area contributed by atoms with E-state index in [0.717, 1.165) is 5.56 Å². The van der Waals surface area contributed by atoms with Crippen LogP contribution in [0.3, 0.4) is 0 Å². The third-order valence-electron chi connectivity index (χ3n) is 3.42. The summed E-state index contributed by atoms with van der Waals surface area (Å²) < 4.78 is 5.31. The molecule has 1 aromatic carbocycles. The average molecular weight is 301 g/mol. The Morgan fingerprint density at radius 2 is 1.86 bits per heavy atom. The van der Waals surface area contributed by atoms with Gasteiger partial charge in [-0.25, -0.2) is 4.79 Å². The molecule has 0 atom stereocenters. The topological polar surface area (TPSA) is 79.5 Å². The number of furan rings is 1. The Bertz CT molecular complexity index is 670. The van der Waals surface area contributed by atoms with Gasteiger partial charge in [-0.15, -0.1) is 0 Å². The molecule has 0 radical (unpaired) electrons. The molecule has 1 amide bonds. The molecule has 0 saturated carbocycles. The maximum Gasteiger partial charge on any atom is 0.339 e. The zero-order valence-electron chi connectivity index (χ0n) is 12.7. The molecule has 1 aromatic heterocycles. The van der Waals surface area contributed by atoms with E-state index < -0.39 is 5.97 Å². The van der Waals surface area contributed by atoms with Gasteiger partial charge in [-0.2, -0.15) is 0 Å². The van der Waals surface area contributed by atoms with E-state index in [2.05, 4.69) is 5.32 Å². The summed E-state index contributed by atoms with van der Waals surface area (Å²) in [7, 11) is 0. The molecule has 5 nitrogen and oxygen atoms in total. The van der Waals surface area contributed by atoms with Gasteiger partial charge in [0.05, 0.1) is 6.54 Å². The lowest BCUT2D eigenvalue weighted by molar-refractivity contribution is -0.121. The van der Waals surface area contributed by atoms with Gasteiger partial charge < -0.3 is 14.8 Å². The van der Waals surface area contributed by atoms with Gasteiger partial charge in [0.15, 0.2) is 0 Å². The van der Waals surface area contributed by atoms with Crippen molar-refractivity contribution in [3.8, 4) is 0 Å². The van der Waals surface area contributed by atoms with Crippen LogP contribution in [0, 0.1) is 13.8 Å². The molecule has 2 rings (SSSR count). The maximum atomic E-state index is 11.8. The molecule has 116 valence electrons. The largest absolute Gasteiger partial charge is 0.478 e. The minimum Gasteiger partial charge on any atom is -0.478 e. The molecule has 0 aliphatic rings. The van der Waals surface area contributed by atoms with Gasteiger partial charge in [0.1, 0.15) is 17.1 Å². The van der Waals surface area contributed by atoms with Gasteiger partial charge in [0, 0.05) is 6.42 Å². The van der Waals surface area contributed by atoms with Crippen LogP contribution >= 0.6 is 0 Å². The third-order valence-corrected chi connectivity index (χ3v) is 3.42. The number of carbonyl (C=O) groups excluding carboxylic acids is 1. The number of carbonyl (C=O) groups is 2. The van der Waals surface area contributed by atoms with Crippen LogP contribution in [0.5, 0.6) is 0 Å². The van der Waals surface area contributed by atoms with Crippen molar-refractivity contribution in [2.45, 2.75) is 33.2 Å². The van der Waals surface area contributed by atoms with Crippen LogP contribution in [-0.4, -0.2) is 17.0 Å². The second kappa shape index (κ2) is 6.93. The highest BCUT2D eigenvalue weighted by molar-refractivity contribution is 5.88. The molecule has 0 spiro atoms. The van der Waals surface area contributed by atoms with E-state index in [-0.39, 0.29) is 18.0 Å². The van der Waals surface area contributed by atoms with Crippen molar-refractivity contribution in [2.75, 3.05) is 0 Å². The van der Waals surface area contributed by atoms with E-state index in [4.69, 9.17) is 9.52 Å². The lowest BCUT2D eigenvalue weighted by Gasteiger charge is -2.04. The fourth-order valence-electron chi connectivity index (χ4n) is 2.13. The predicted molar refractivity (Wildman–Crippen MR) is 81.8 cm³/mol. The van der Waals surface area contributed by atoms with Crippen LogP contribution in [0.2, 0.25) is 0 Å². The molecule has 0 aliphatic carbocycles. The number of carboxylic acid groups (broad SMARTS) is 1. The van der Waals surface area contributed by atoms with Gasteiger partial charge in [0.25, 0.3) is 0 Å². The number of benzene rings is 1. The summed E-state index contributed by atoms with van der Waals surface area (Å²) in [5.74, 6) is -0.334. The second-order valence-electron chi connectivity index (χ2n) is 5.25. The highest BCUT2D eigenvalue weighted by atomic mass is 16.4. The minimum atomic E-state index is -1.03. The Balaban J connectivity index is 1.81. The first-order valence-electron chi connectivity index (χ1n) is 7.10. The Morgan fingerprint density at radius 3 is 2.45 bits per heavy atom. The fraction of sp³-hybridized carbons (Fsp3) is 0.294. The summed E-state index contributed by atoms with van der Waals surface area (Å²) >= 11 is 0. The van der Waals surface area contributed by atoms with E-state index in [1.54, 1.807) is 6.92 Å². The van der Waals surface area contributed by atoms with E-state index in [1.165, 1.54) is 11.6 Å². The normalized spacial score (nSPS) is 10.5. The van der Waals surface area contributed by atoms with Crippen LogP contribution in [-0.2, 0) is 17.8 Å². The number of nitrogens with one attached hydrogen (secondary N) is 1. The van der Waals surface area contributed by atoms with Crippen LogP contribution in [0.4, 0.5) is 0 Å². The fourth-order valence-corrected chi connectivity index (χ4v) is 2.13. The highest BCUT2D eigenvalue weighted by Crippen LogP contribution is 2.14. The number of rotatable bonds is 6. The maximum absolute atomic E-state index is 11.8. The Kier molecular flexibility index (Phi) is 4.99. The Hall–Kier alpha value is -2.56. The molecular weight excluding hydrogens is 282 g/mol. The zero-order chi connectivity index (χ0) is 16.1. The van der Waals surface area contributed by atoms with Crippen molar-refractivity contribution in [3.05, 3.63) is 58.5 Å². The Labute approximate surface area is 129 Å². The van der Waals surface area contributed by atoms with Crippen molar-refractivity contribution in [1.29, 1.82) is 0 Å². The first kappa shape index (κ1) is 15.8. The highest BCUT2D eigenvalue weighted by Gasteiger charge is 2.14. The second-order valence-corrected chi connectivity index (χ2v) is 5.25. The number of aryl methyl sites for hydroxylation is 3. The van der Waals surface area contributed by atoms with Crippen LogP contribution in [0.1, 0.15) is 39.4 Å². The average Bonchev–Trinajstić information content (AvgIpc) is 2.86. The van der Waals surface area contributed by atoms with Crippen LogP contribution in [0.15, 0.2) is 34.7 Å². The van der Waals surface area contributed by atoms with Gasteiger partial charge in [-0.1, -0.05) is 29.8 Å². The van der Waals surface area contributed by atoms with Gasteiger partial charge in [-0.3, -0.25) is 4.79 Å². The molecule has 0 aliphatic heterocycles. The number of amides is 1. The lowest BCUT2D eigenvalue weighted by Crippen LogP contribution is -2.22. The standard InChI is InChI=1S/C17H19NO4/c1-11-3-5-13(6-4-11)7-8-16(19)18-10-14-9-15(17(20)21)12(2)22-14/h3-6,9H,7-8,10H2,1-2H3,(H,18,19)(H,20,21). The van der Waals surface area contributed by atoms with E-state index in [1.807, 2.05) is 31.2 Å². The van der Waals surface area contributed by atoms with E-state index in [0.29, 0.717) is 24.4 Å². The molecular formula is C17H19NO4. The molecule has 0 bridgehead atoms. The predicted octanol–water partition coefficient (Wildman–Crippen LogP) is 2.84. The summed E-state index contributed by atoms with van der Waals surface area (Å²) in [6.07, 6.45) is 1.05. The number of aromatic carboxylic acids is 1. The lowest BCUT2D eigenvalue weighted by atomic mass is 10.1. The number of hydrogen-bond acceptors (Lipinski definition) is 3. The smallest absolute Gasteiger partial charge is 0.339 e. The molecule has 2 N–H and O–H groups in total. The van der Waals surface area contributed by atoms with Gasteiger partial charge in [-0.05, 0) is 31.9 Å². The molecule has 0 saturated heterocycles. The minimum absolute atomic E-state index is 0.0912. The third kappa shape index (κ3) is 4.22. The quantitative estimate of drug-likeness (QED) is 0.860. The first-order valence-corrected chi connectivity index (χ1v) is 7.10. The van der Waals surface area contributed by atoms with Gasteiger partial charge >= 0.3 is 5.97 Å². The van der Waals surface area contributed by atoms with Crippen molar-refractivity contribution in [2.24, 2.45) is 0 Å². The summed E-state index contributed by atoms with van der Waals surface area (Å²) in [5.41, 5.74) is 2.43. The van der Waals surface area contributed by atoms with Crippen LogP contribution < -0.4 is 5.32 Å². The van der Waals surface area contributed by atoms with E-state index >= 15 is 0 Å².